The standard InChI is InChI=1S/C15H25N5O.2ClH/c1-2-20-9-18-19-13(20)8-17-15(21)12-6-10-4-3-5-11(7-12)14(10)16;;/h9-12,14H,2-8,16H2,1H3,(H,17,21);2*1H. The van der Waals surface area contributed by atoms with Gasteiger partial charge >= 0.3 is 0 Å². The maximum Gasteiger partial charge on any atom is 0.223 e. The van der Waals surface area contributed by atoms with Crippen LogP contribution in [0.2, 0.25) is 0 Å². The van der Waals surface area contributed by atoms with E-state index in [1.165, 1.54) is 19.3 Å². The molecule has 2 atom stereocenters. The van der Waals surface area contributed by atoms with Gasteiger partial charge in [0, 0.05) is 18.5 Å². The third kappa shape index (κ3) is 4.37. The number of aromatic nitrogens is 3. The van der Waals surface area contributed by atoms with Gasteiger partial charge in [0.15, 0.2) is 5.82 Å². The Balaban J connectivity index is 0.00000132. The second kappa shape index (κ2) is 8.85. The molecule has 2 fully saturated rings. The maximum atomic E-state index is 12.4. The summed E-state index contributed by atoms with van der Waals surface area (Å²) in [6.07, 6.45) is 7.24. The van der Waals surface area contributed by atoms with Crippen LogP contribution in [0.3, 0.4) is 0 Å². The summed E-state index contributed by atoms with van der Waals surface area (Å²) in [7, 11) is 0. The van der Waals surface area contributed by atoms with Gasteiger partial charge in [0.25, 0.3) is 0 Å². The number of hydrogen-bond acceptors (Lipinski definition) is 4. The topological polar surface area (TPSA) is 85.8 Å². The lowest BCUT2D eigenvalue weighted by molar-refractivity contribution is -0.128. The van der Waals surface area contributed by atoms with Gasteiger partial charge in [-0.05, 0) is 44.4 Å². The Morgan fingerprint density at radius 3 is 2.61 bits per heavy atom. The SMILES string of the molecule is CCn1cnnc1CNC(=O)C1CC2CCCC(C1)C2N.Cl.Cl. The molecule has 2 aliphatic carbocycles. The van der Waals surface area contributed by atoms with E-state index >= 15 is 0 Å². The van der Waals surface area contributed by atoms with E-state index in [2.05, 4.69) is 15.5 Å². The zero-order chi connectivity index (χ0) is 14.8. The predicted molar refractivity (Wildman–Crippen MR) is 93.6 cm³/mol. The van der Waals surface area contributed by atoms with Crippen molar-refractivity contribution in [1.82, 2.24) is 20.1 Å². The average molecular weight is 364 g/mol. The highest BCUT2D eigenvalue weighted by Gasteiger charge is 2.40. The lowest BCUT2D eigenvalue weighted by Gasteiger charge is -2.43. The quantitative estimate of drug-likeness (QED) is 0.855. The number of halogens is 2. The van der Waals surface area contributed by atoms with E-state index in [-0.39, 0.29) is 36.6 Å². The summed E-state index contributed by atoms with van der Waals surface area (Å²) < 4.78 is 1.95. The predicted octanol–water partition coefficient (Wildman–Crippen LogP) is 1.91. The Kier molecular flexibility index (Phi) is 7.77. The molecule has 1 aromatic rings. The molecule has 2 bridgehead atoms. The molecule has 1 amide bonds. The monoisotopic (exact) mass is 363 g/mol. The van der Waals surface area contributed by atoms with E-state index in [0.717, 1.165) is 25.2 Å². The van der Waals surface area contributed by atoms with Gasteiger partial charge in [-0.25, -0.2) is 0 Å². The highest BCUT2D eigenvalue weighted by molar-refractivity contribution is 5.85. The largest absolute Gasteiger partial charge is 0.349 e. The summed E-state index contributed by atoms with van der Waals surface area (Å²) in [6, 6.07) is 0.311. The first kappa shape index (κ1) is 20.2. The van der Waals surface area contributed by atoms with Crippen LogP contribution in [0.5, 0.6) is 0 Å². The lowest BCUT2D eigenvalue weighted by Crippen LogP contribution is -2.49. The molecule has 3 N–H and O–H groups in total. The summed E-state index contributed by atoms with van der Waals surface area (Å²) in [4.78, 5) is 12.4. The molecule has 3 rings (SSSR count). The second-order valence-corrected chi connectivity index (χ2v) is 6.45. The number of amides is 1. The van der Waals surface area contributed by atoms with Crippen molar-refractivity contribution in [3.63, 3.8) is 0 Å². The van der Waals surface area contributed by atoms with Crippen LogP contribution in [0, 0.1) is 17.8 Å². The van der Waals surface area contributed by atoms with Crippen molar-refractivity contribution in [3.05, 3.63) is 12.2 Å². The van der Waals surface area contributed by atoms with Crippen LogP contribution in [0.15, 0.2) is 6.33 Å². The lowest BCUT2D eigenvalue weighted by atomic mass is 9.65. The first-order valence-electron chi connectivity index (χ1n) is 8.09. The molecular weight excluding hydrogens is 337 g/mol. The number of fused-ring (bicyclic) bond motifs is 2. The number of carbonyl (C=O) groups excluding carboxylic acids is 1. The van der Waals surface area contributed by atoms with Crippen molar-refractivity contribution in [2.24, 2.45) is 23.5 Å². The van der Waals surface area contributed by atoms with Gasteiger partial charge in [-0.1, -0.05) is 6.42 Å². The van der Waals surface area contributed by atoms with Crippen molar-refractivity contribution in [2.45, 2.75) is 58.2 Å². The molecule has 23 heavy (non-hydrogen) atoms. The minimum absolute atomic E-state index is 0. The molecule has 0 aromatic carbocycles. The van der Waals surface area contributed by atoms with Crippen LogP contribution in [0.1, 0.15) is 44.9 Å². The van der Waals surface area contributed by atoms with Crippen LogP contribution in [0.4, 0.5) is 0 Å². The first-order valence-corrected chi connectivity index (χ1v) is 8.09. The fourth-order valence-corrected chi connectivity index (χ4v) is 3.99. The van der Waals surface area contributed by atoms with Gasteiger partial charge in [0.1, 0.15) is 6.33 Å². The first-order chi connectivity index (χ1) is 10.2. The smallest absolute Gasteiger partial charge is 0.223 e. The maximum absolute atomic E-state index is 12.4. The van der Waals surface area contributed by atoms with Crippen molar-refractivity contribution < 1.29 is 4.79 Å². The van der Waals surface area contributed by atoms with Crippen LogP contribution in [-0.2, 0) is 17.9 Å². The number of aryl methyl sites for hydroxylation is 1. The van der Waals surface area contributed by atoms with E-state index in [1.807, 2.05) is 11.5 Å². The molecule has 2 aliphatic rings. The molecule has 132 valence electrons. The molecule has 0 radical (unpaired) electrons. The molecular formula is C15H27Cl2N5O. The number of hydrogen-bond donors (Lipinski definition) is 2. The van der Waals surface area contributed by atoms with Gasteiger partial charge < -0.3 is 15.6 Å². The summed E-state index contributed by atoms with van der Waals surface area (Å²) in [5.41, 5.74) is 6.28. The molecule has 8 heteroatoms. The number of nitrogens with zero attached hydrogens (tertiary/aromatic N) is 3. The van der Waals surface area contributed by atoms with E-state index in [1.54, 1.807) is 6.33 Å². The molecule has 2 unspecified atom stereocenters. The van der Waals surface area contributed by atoms with Gasteiger partial charge in [0.2, 0.25) is 5.91 Å². The summed E-state index contributed by atoms with van der Waals surface area (Å²) >= 11 is 0. The normalized spacial score (nSPS) is 29.1. The highest BCUT2D eigenvalue weighted by Crippen LogP contribution is 2.41. The average Bonchev–Trinajstić information content (AvgIpc) is 2.92. The second-order valence-electron chi connectivity index (χ2n) is 6.45. The third-order valence-electron chi connectivity index (χ3n) is 5.24. The molecule has 1 heterocycles. The van der Waals surface area contributed by atoms with Crippen LogP contribution in [0.25, 0.3) is 0 Å². The Bertz CT molecular complexity index is 496. The highest BCUT2D eigenvalue weighted by atomic mass is 35.5. The van der Waals surface area contributed by atoms with Gasteiger partial charge in [0.05, 0.1) is 6.54 Å². The van der Waals surface area contributed by atoms with E-state index < -0.39 is 0 Å². The number of nitrogens with two attached hydrogens (primary N) is 1. The van der Waals surface area contributed by atoms with Gasteiger partial charge in [-0.3, -0.25) is 4.79 Å². The summed E-state index contributed by atoms with van der Waals surface area (Å²) in [5.74, 6) is 2.17. The molecule has 0 aliphatic heterocycles. The van der Waals surface area contributed by atoms with Gasteiger partial charge in [-0.2, -0.15) is 0 Å². The molecule has 1 aromatic heterocycles. The fraction of sp³-hybridized carbons (Fsp3) is 0.800. The van der Waals surface area contributed by atoms with Crippen LogP contribution < -0.4 is 11.1 Å². The third-order valence-corrected chi connectivity index (χ3v) is 5.24. The van der Waals surface area contributed by atoms with E-state index in [9.17, 15) is 4.79 Å². The van der Waals surface area contributed by atoms with Gasteiger partial charge in [-0.15, -0.1) is 35.0 Å². The molecule has 6 nitrogen and oxygen atoms in total. The molecule has 0 spiro atoms. The number of carbonyl (C=O) groups is 1. The van der Waals surface area contributed by atoms with Crippen molar-refractivity contribution in [2.75, 3.05) is 0 Å². The minimum Gasteiger partial charge on any atom is -0.349 e. The van der Waals surface area contributed by atoms with E-state index in [4.69, 9.17) is 5.73 Å². The molecule has 0 saturated heterocycles. The Morgan fingerprint density at radius 1 is 1.35 bits per heavy atom. The summed E-state index contributed by atoms with van der Waals surface area (Å²) in [5, 5.41) is 11.0. The van der Waals surface area contributed by atoms with E-state index in [0.29, 0.717) is 24.4 Å². The Morgan fingerprint density at radius 2 is 2.00 bits per heavy atom. The fourth-order valence-electron chi connectivity index (χ4n) is 3.99. The van der Waals surface area contributed by atoms with Crippen LogP contribution >= 0.6 is 24.8 Å². The summed E-state index contributed by atoms with van der Waals surface area (Å²) in [6.45, 7) is 3.32. The van der Waals surface area contributed by atoms with Crippen molar-refractivity contribution in [1.29, 1.82) is 0 Å². The number of rotatable bonds is 4. The Labute approximate surface area is 149 Å². The zero-order valence-corrected chi connectivity index (χ0v) is 15.1. The Hall–Kier alpha value is -0.850. The van der Waals surface area contributed by atoms with Crippen molar-refractivity contribution >= 4 is 30.7 Å². The zero-order valence-electron chi connectivity index (χ0n) is 13.5. The van der Waals surface area contributed by atoms with Crippen molar-refractivity contribution in [3.8, 4) is 0 Å². The molecule has 2 saturated carbocycles. The van der Waals surface area contributed by atoms with Crippen LogP contribution in [-0.4, -0.2) is 26.7 Å². The number of nitrogens with one attached hydrogen (secondary N) is 1. The minimum atomic E-state index is 0.